The summed E-state index contributed by atoms with van der Waals surface area (Å²) >= 11 is 0. The van der Waals surface area contributed by atoms with Crippen molar-refractivity contribution in [2.75, 3.05) is 42.3 Å². The van der Waals surface area contributed by atoms with Gasteiger partial charge in [0.15, 0.2) is 0 Å². The number of nitrogens with zero attached hydrogens (tertiary/aromatic N) is 2. The van der Waals surface area contributed by atoms with Crippen LogP contribution in [0.5, 0.6) is 0 Å². The molecule has 0 radical (unpaired) electrons. The van der Waals surface area contributed by atoms with E-state index in [0.717, 1.165) is 21.0 Å². The standard InChI is InChI=1S/C12H28N2.H2O/c1-13(2,3)11-7-9-12(10-8-11)14(4,5)6;/h11-12H,7-10H2,1-6H3;1H2/q+2;. The Kier molecular flexibility index (Phi) is 4.77. The van der Waals surface area contributed by atoms with Gasteiger partial charge in [-0.05, 0) is 0 Å². The summed E-state index contributed by atoms with van der Waals surface area (Å²) in [6.07, 6.45) is 5.63. The minimum atomic E-state index is 0. The molecule has 3 heteroatoms. The number of rotatable bonds is 2. The van der Waals surface area contributed by atoms with Crippen LogP contribution in [0.15, 0.2) is 0 Å². The number of quaternary nitrogens is 2. The van der Waals surface area contributed by atoms with Crippen LogP contribution in [0.2, 0.25) is 0 Å². The molecule has 0 bridgehead atoms. The summed E-state index contributed by atoms with van der Waals surface area (Å²) in [7, 11) is 14.0. The van der Waals surface area contributed by atoms with Gasteiger partial charge in [0.05, 0.1) is 54.4 Å². The normalized spacial score (nSPS) is 28.4. The first-order valence-electron chi connectivity index (χ1n) is 5.83. The molecule has 3 nitrogen and oxygen atoms in total. The van der Waals surface area contributed by atoms with Gasteiger partial charge in [0.2, 0.25) is 0 Å². The first kappa shape index (κ1) is 14.9. The summed E-state index contributed by atoms with van der Waals surface area (Å²) in [4.78, 5) is 0. The molecule has 0 aromatic heterocycles. The van der Waals surface area contributed by atoms with E-state index in [1.165, 1.54) is 25.7 Å². The maximum atomic E-state index is 2.33. The van der Waals surface area contributed by atoms with Gasteiger partial charge >= 0.3 is 0 Å². The molecule has 0 heterocycles. The van der Waals surface area contributed by atoms with Gasteiger partial charge in [0.1, 0.15) is 0 Å². The average molecular weight is 218 g/mol. The Labute approximate surface area is 95.2 Å². The molecule has 0 amide bonds. The molecule has 1 fully saturated rings. The van der Waals surface area contributed by atoms with Crippen LogP contribution in [0.4, 0.5) is 0 Å². The van der Waals surface area contributed by atoms with Crippen LogP contribution in [0.3, 0.4) is 0 Å². The molecule has 15 heavy (non-hydrogen) atoms. The van der Waals surface area contributed by atoms with Crippen LogP contribution in [-0.4, -0.2) is 68.8 Å². The molecule has 2 N–H and O–H groups in total. The smallest absolute Gasteiger partial charge is 0.0888 e. The third kappa shape index (κ3) is 4.09. The van der Waals surface area contributed by atoms with E-state index < -0.39 is 0 Å². The van der Waals surface area contributed by atoms with Crippen LogP contribution in [0, 0.1) is 0 Å². The third-order valence-corrected chi connectivity index (χ3v) is 3.86. The fraction of sp³-hybridized carbons (Fsp3) is 1.00. The topological polar surface area (TPSA) is 31.5 Å². The van der Waals surface area contributed by atoms with E-state index in [1.807, 2.05) is 0 Å². The highest BCUT2D eigenvalue weighted by atomic mass is 16.0. The second kappa shape index (κ2) is 4.81. The van der Waals surface area contributed by atoms with Gasteiger partial charge in [-0.15, -0.1) is 0 Å². The Morgan fingerprint density at radius 2 is 0.800 bits per heavy atom. The lowest BCUT2D eigenvalue weighted by molar-refractivity contribution is -0.912. The lowest BCUT2D eigenvalue weighted by Crippen LogP contribution is -2.52. The quantitative estimate of drug-likeness (QED) is 0.617. The molecule has 0 aromatic carbocycles. The van der Waals surface area contributed by atoms with E-state index in [0.29, 0.717) is 0 Å². The fourth-order valence-electron chi connectivity index (χ4n) is 2.61. The van der Waals surface area contributed by atoms with E-state index in [9.17, 15) is 0 Å². The molecule has 0 unspecified atom stereocenters. The van der Waals surface area contributed by atoms with E-state index in [1.54, 1.807) is 0 Å². The Bertz CT molecular complexity index is 161. The largest absolute Gasteiger partial charge is 0.412 e. The zero-order valence-electron chi connectivity index (χ0n) is 11.4. The maximum Gasteiger partial charge on any atom is 0.0888 e. The molecule has 1 aliphatic rings. The Balaban J connectivity index is 0.00000196. The Morgan fingerprint density at radius 3 is 0.933 bits per heavy atom. The van der Waals surface area contributed by atoms with Crippen molar-refractivity contribution in [3.05, 3.63) is 0 Å². The van der Waals surface area contributed by atoms with Gasteiger partial charge in [-0.3, -0.25) is 0 Å². The van der Waals surface area contributed by atoms with Crippen molar-refractivity contribution >= 4 is 0 Å². The second-order valence-corrected chi connectivity index (χ2v) is 6.69. The number of hydrogen-bond acceptors (Lipinski definition) is 0. The van der Waals surface area contributed by atoms with Crippen LogP contribution >= 0.6 is 0 Å². The zero-order valence-corrected chi connectivity index (χ0v) is 11.4. The highest BCUT2D eigenvalue weighted by Gasteiger charge is 2.34. The van der Waals surface area contributed by atoms with Crippen LogP contribution in [0.1, 0.15) is 25.7 Å². The van der Waals surface area contributed by atoms with Crippen LogP contribution in [0.25, 0.3) is 0 Å². The van der Waals surface area contributed by atoms with Crippen LogP contribution < -0.4 is 0 Å². The minimum Gasteiger partial charge on any atom is -0.412 e. The molecular formula is C12H30N2O+2. The van der Waals surface area contributed by atoms with Gasteiger partial charge in [-0.2, -0.15) is 0 Å². The number of hydrogen-bond donors (Lipinski definition) is 0. The molecule has 0 atom stereocenters. The van der Waals surface area contributed by atoms with E-state index in [2.05, 4.69) is 42.3 Å². The highest BCUT2D eigenvalue weighted by Crippen LogP contribution is 2.28. The van der Waals surface area contributed by atoms with Gasteiger partial charge < -0.3 is 14.4 Å². The fourth-order valence-corrected chi connectivity index (χ4v) is 2.61. The van der Waals surface area contributed by atoms with Crippen molar-refractivity contribution in [1.29, 1.82) is 0 Å². The molecule has 0 aliphatic heterocycles. The van der Waals surface area contributed by atoms with Crippen molar-refractivity contribution in [1.82, 2.24) is 0 Å². The molecule has 1 aliphatic carbocycles. The van der Waals surface area contributed by atoms with Crippen molar-refractivity contribution in [2.45, 2.75) is 37.8 Å². The van der Waals surface area contributed by atoms with Gasteiger partial charge in [0, 0.05) is 25.7 Å². The van der Waals surface area contributed by atoms with Crippen molar-refractivity contribution in [2.24, 2.45) is 0 Å². The van der Waals surface area contributed by atoms with Crippen molar-refractivity contribution in [3.63, 3.8) is 0 Å². The van der Waals surface area contributed by atoms with Gasteiger partial charge in [0.25, 0.3) is 0 Å². The van der Waals surface area contributed by atoms with Gasteiger partial charge in [-0.25, -0.2) is 0 Å². The van der Waals surface area contributed by atoms with Crippen LogP contribution in [-0.2, 0) is 0 Å². The highest BCUT2D eigenvalue weighted by molar-refractivity contribution is 4.72. The molecule has 1 saturated carbocycles. The predicted octanol–water partition coefficient (Wildman–Crippen LogP) is 0.885. The Morgan fingerprint density at radius 1 is 0.600 bits per heavy atom. The van der Waals surface area contributed by atoms with E-state index >= 15 is 0 Å². The third-order valence-electron chi connectivity index (χ3n) is 3.86. The van der Waals surface area contributed by atoms with Crippen molar-refractivity contribution < 1.29 is 14.4 Å². The summed E-state index contributed by atoms with van der Waals surface area (Å²) in [5.74, 6) is 0. The monoisotopic (exact) mass is 218 g/mol. The lowest BCUT2D eigenvalue weighted by Gasteiger charge is -2.42. The summed E-state index contributed by atoms with van der Waals surface area (Å²) in [5, 5.41) is 0. The molecule has 1 rings (SSSR count). The van der Waals surface area contributed by atoms with Gasteiger partial charge in [-0.1, -0.05) is 0 Å². The first-order chi connectivity index (χ1) is 6.21. The van der Waals surface area contributed by atoms with Crippen molar-refractivity contribution in [3.8, 4) is 0 Å². The summed E-state index contributed by atoms with van der Waals surface area (Å²) in [6, 6.07) is 1.77. The Hall–Kier alpha value is -0.120. The van der Waals surface area contributed by atoms with E-state index in [-0.39, 0.29) is 5.48 Å². The lowest BCUT2D eigenvalue weighted by atomic mass is 9.88. The molecular weight excluding hydrogens is 188 g/mol. The van der Waals surface area contributed by atoms with E-state index in [4.69, 9.17) is 0 Å². The summed E-state index contributed by atoms with van der Waals surface area (Å²) in [6.45, 7) is 0. The molecule has 0 saturated heterocycles. The SMILES string of the molecule is C[N+](C)(C)C1CCC([N+](C)(C)C)CC1.O. The predicted molar refractivity (Wildman–Crippen MR) is 65.7 cm³/mol. The molecule has 0 aromatic rings. The maximum absolute atomic E-state index is 2.33. The average Bonchev–Trinajstić information content (AvgIpc) is 2.01. The second-order valence-electron chi connectivity index (χ2n) is 6.69. The summed E-state index contributed by atoms with van der Waals surface area (Å²) < 4.78 is 2.29. The minimum absolute atomic E-state index is 0. The summed E-state index contributed by atoms with van der Waals surface area (Å²) in [5.41, 5.74) is 0. The zero-order chi connectivity index (χ0) is 11.0. The molecule has 0 spiro atoms. The first-order valence-corrected chi connectivity index (χ1v) is 5.83. The molecule has 92 valence electrons.